The number of anilines is 1. The Hall–Kier alpha value is -2.44. The van der Waals surface area contributed by atoms with Gasteiger partial charge in [0.1, 0.15) is 11.5 Å². The predicted octanol–water partition coefficient (Wildman–Crippen LogP) is 6.18. The number of amides is 1. The van der Waals surface area contributed by atoms with Crippen LogP contribution in [0.5, 0.6) is 0 Å². The Balaban J connectivity index is 1.47. The van der Waals surface area contributed by atoms with Gasteiger partial charge in [-0.25, -0.2) is 0 Å². The Morgan fingerprint density at radius 2 is 1.97 bits per heavy atom. The van der Waals surface area contributed by atoms with Crippen molar-refractivity contribution in [3.63, 3.8) is 0 Å². The number of hydrogen-bond donors (Lipinski definition) is 2. The first-order chi connectivity index (χ1) is 14.0. The molecule has 2 aromatic carbocycles. The molecule has 1 aliphatic rings. The normalized spacial score (nSPS) is 17.6. The lowest BCUT2D eigenvalue weighted by atomic mass is 10.1. The molecule has 1 amide bonds. The van der Waals surface area contributed by atoms with Gasteiger partial charge < -0.3 is 15.1 Å². The standard InChI is InChI=1S/C23H21BrN2O2S/c1-3-15-5-7-16(8-6-15)25-23-26-22(27)21(29-23)13-17-9-11-20(28-17)18-10-4-14(2)12-19(18)24/h4-13,23,25H,3H2,1-2H3,(H,26,27)/b21-13+/t23-/m0/s1. The van der Waals surface area contributed by atoms with Crippen LogP contribution in [0.1, 0.15) is 23.8 Å². The van der Waals surface area contributed by atoms with E-state index in [4.69, 9.17) is 4.42 Å². The second-order valence-corrected chi connectivity index (χ2v) is 8.86. The SMILES string of the molecule is CCc1ccc(N[C@H]2NC(=O)/C(=C\c3ccc(-c4ccc(C)cc4Br)o3)S2)cc1. The Kier molecular flexibility index (Phi) is 5.83. The zero-order valence-electron chi connectivity index (χ0n) is 16.2. The molecule has 1 saturated heterocycles. The van der Waals surface area contributed by atoms with E-state index in [0.29, 0.717) is 10.7 Å². The molecule has 6 heteroatoms. The summed E-state index contributed by atoms with van der Waals surface area (Å²) in [6.45, 7) is 4.18. The molecule has 148 valence electrons. The highest BCUT2D eigenvalue weighted by Gasteiger charge is 2.27. The van der Waals surface area contributed by atoms with Crippen LogP contribution in [0.2, 0.25) is 0 Å². The molecule has 0 bridgehead atoms. The maximum Gasteiger partial charge on any atom is 0.260 e. The van der Waals surface area contributed by atoms with Crippen molar-refractivity contribution in [3.8, 4) is 11.3 Å². The number of aryl methyl sites for hydroxylation is 2. The van der Waals surface area contributed by atoms with Crippen LogP contribution in [0.3, 0.4) is 0 Å². The van der Waals surface area contributed by atoms with Gasteiger partial charge in [-0.2, -0.15) is 0 Å². The van der Waals surface area contributed by atoms with E-state index >= 15 is 0 Å². The monoisotopic (exact) mass is 468 g/mol. The Labute approximate surface area is 182 Å². The van der Waals surface area contributed by atoms with Gasteiger partial charge in [-0.15, -0.1) is 0 Å². The average molecular weight is 469 g/mol. The summed E-state index contributed by atoms with van der Waals surface area (Å²) >= 11 is 5.04. The third kappa shape index (κ3) is 4.60. The Morgan fingerprint density at radius 1 is 1.17 bits per heavy atom. The fraction of sp³-hybridized carbons (Fsp3) is 0.174. The number of benzene rings is 2. The Bertz CT molecular complexity index is 1070. The van der Waals surface area contributed by atoms with Crippen LogP contribution in [0, 0.1) is 6.92 Å². The van der Waals surface area contributed by atoms with E-state index in [0.717, 1.165) is 27.9 Å². The van der Waals surface area contributed by atoms with E-state index in [-0.39, 0.29) is 11.4 Å². The second kappa shape index (κ2) is 8.51. The van der Waals surface area contributed by atoms with Crippen LogP contribution in [0.25, 0.3) is 17.4 Å². The van der Waals surface area contributed by atoms with Crippen LogP contribution in [-0.4, -0.2) is 11.4 Å². The molecule has 1 atom stereocenters. The lowest BCUT2D eigenvalue weighted by Gasteiger charge is -2.12. The van der Waals surface area contributed by atoms with Crippen LogP contribution < -0.4 is 10.6 Å². The number of furan rings is 1. The van der Waals surface area contributed by atoms with Gasteiger partial charge >= 0.3 is 0 Å². The molecule has 0 saturated carbocycles. The fourth-order valence-corrected chi connectivity index (χ4v) is 4.73. The van der Waals surface area contributed by atoms with Crippen molar-refractivity contribution >= 4 is 45.4 Å². The smallest absolute Gasteiger partial charge is 0.260 e. The highest BCUT2D eigenvalue weighted by Crippen LogP contribution is 2.34. The van der Waals surface area contributed by atoms with Crippen molar-refractivity contribution in [1.29, 1.82) is 0 Å². The Morgan fingerprint density at radius 3 is 2.69 bits per heavy atom. The zero-order chi connectivity index (χ0) is 20.4. The van der Waals surface area contributed by atoms with Gasteiger partial charge in [-0.3, -0.25) is 4.79 Å². The molecule has 4 rings (SSSR count). The molecule has 1 aliphatic heterocycles. The summed E-state index contributed by atoms with van der Waals surface area (Å²) in [6, 6.07) is 18.2. The molecular weight excluding hydrogens is 448 g/mol. The largest absolute Gasteiger partial charge is 0.457 e. The predicted molar refractivity (Wildman–Crippen MR) is 124 cm³/mol. The van der Waals surface area contributed by atoms with Crippen molar-refractivity contribution in [2.75, 3.05) is 5.32 Å². The van der Waals surface area contributed by atoms with Crippen LogP contribution in [-0.2, 0) is 11.2 Å². The molecule has 1 fully saturated rings. The van der Waals surface area contributed by atoms with Gasteiger partial charge in [-0.05, 0) is 60.9 Å². The minimum atomic E-state index is -0.207. The van der Waals surface area contributed by atoms with Gasteiger partial charge in [0.25, 0.3) is 5.91 Å². The number of nitrogens with one attached hydrogen (secondary N) is 2. The summed E-state index contributed by atoms with van der Waals surface area (Å²) in [5.41, 5.74) is 4.22. The summed E-state index contributed by atoms with van der Waals surface area (Å²) in [5, 5.41) is 6.29. The van der Waals surface area contributed by atoms with Gasteiger partial charge in [-0.1, -0.05) is 52.8 Å². The lowest BCUT2D eigenvalue weighted by molar-refractivity contribution is -0.116. The van der Waals surface area contributed by atoms with E-state index < -0.39 is 0 Å². The van der Waals surface area contributed by atoms with Crippen molar-refractivity contribution in [3.05, 3.63) is 80.9 Å². The number of carbonyl (C=O) groups excluding carboxylic acids is 1. The number of carbonyl (C=O) groups is 1. The summed E-state index contributed by atoms with van der Waals surface area (Å²) in [7, 11) is 0. The van der Waals surface area contributed by atoms with Crippen LogP contribution in [0.15, 0.2) is 68.4 Å². The number of thioether (sulfide) groups is 1. The van der Waals surface area contributed by atoms with E-state index in [1.165, 1.54) is 22.9 Å². The topological polar surface area (TPSA) is 54.3 Å². The van der Waals surface area contributed by atoms with Crippen molar-refractivity contribution in [2.45, 2.75) is 25.8 Å². The summed E-state index contributed by atoms with van der Waals surface area (Å²) < 4.78 is 6.94. The number of halogens is 1. The summed E-state index contributed by atoms with van der Waals surface area (Å²) in [6.07, 6.45) is 2.79. The molecule has 3 aromatic rings. The molecular formula is C23H21BrN2O2S. The first-order valence-corrected chi connectivity index (χ1v) is 11.1. The minimum absolute atomic E-state index is 0.104. The summed E-state index contributed by atoms with van der Waals surface area (Å²) in [4.78, 5) is 13.0. The highest BCUT2D eigenvalue weighted by molar-refractivity contribution is 9.10. The number of rotatable bonds is 5. The zero-order valence-corrected chi connectivity index (χ0v) is 18.6. The molecule has 29 heavy (non-hydrogen) atoms. The first-order valence-electron chi connectivity index (χ1n) is 9.43. The molecule has 0 radical (unpaired) electrons. The average Bonchev–Trinajstić information content (AvgIpc) is 3.29. The molecule has 4 nitrogen and oxygen atoms in total. The molecule has 0 aliphatic carbocycles. The first kappa shape index (κ1) is 19.9. The third-order valence-electron chi connectivity index (χ3n) is 4.68. The fourth-order valence-electron chi connectivity index (χ4n) is 3.08. The van der Waals surface area contributed by atoms with E-state index in [1.807, 2.05) is 43.3 Å². The number of hydrogen-bond acceptors (Lipinski definition) is 4. The quantitative estimate of drug-likeness (QED) is 0.438. The molecule has 0 spiro atoms. The van der Waals surface area contributed by atoms with Gasteiger partial charge in [0, 0.05) is 21.8 Å². The van der Waals surface area contributed by atoms with Crippen LogP contribution >= 0.6 is 27.7 Å². The van der Waals surface area contributed by atoms with E-state index in [2.05, 4.69) is 51.7 Å². The summed E-state index contributed by atoms with van der Waals surface area (Å²) in [5.74, 6) is 1.31. The van der Waals surface area contributed by atoms with Gasteiger partial charge in [0.2, 0.25) is 0 Å². The van der Waals surface area contributed by atoms with Crippen molar-refractivity contribution < 1.29 is 9.21 Å². The van der Waals surface area contributed by atoms with E-state index in [9.17, 15) is 4.79 Å². The highest BCUT2D eigenvalue weighted by atomic mass is 79.9. The third-order valence-corrected chi connectivity index (χ3v) is 6.37. The molecule has 2 heterocycles. The van der Waals surface area contributed by atoms with Gasteiger partial charge in [0.05, 0.1) is 4.91 Å². The molecule has 0 unspecified atom stereocenters. The minimum Gasteiger partial charge on any atom is -0.457 e. The second-order valence-electron chi connectivity index (χ2n) is 6.86. The van der Waals surface area contributed by atoms with Crippen molar-refractivity contribution in [2.24, 2.45) is 0 Å². The molecule has 2 N–H and O–H groups in total. The maximum atomic E-state index is 12.4. The maximum absolute atomic E-state index is 12.4. The molecule has 1 aromatic heterocycles. The van der Waals surface area contributed by atoms with Gasteiger partial charge in [0.15, 0.2) is 5.50 Å². The van der Waals surface area contributed by atoms with Crippen molar-refractivity contribution in [1.82, 2.24) is 5.32 Å². The lowest BCUT2D eigenvalue weighted by Crippen LogP contribution is -2.30. The van der Waals surface area contributed by atoms with E-state index in [1.54, 1.807) is 6.08 Å². The van der Waals surface area contributed by atoms with Crippen LogP contribution in [0.4, 0.5) is 5.69 Å².